The van der Waals surface area contributed by atoms with Gasteiger partial charge in [0.1, 0.15) is 5.75 Å². The van der Waals surface area contributed by atoms with Crippen molar-refractivity contribution in [1.82, 2.24) is 0 Å². The molecule has 0 radical (unpaired) electrons. The van der Waals surface area contributed by atoms with Crippen LogP contribution in [0.5, 0.6) is 5.75 Å². The van der Waals surface area contributed by atoms with E-state index in [1.807, 2.05) is 13.8 Å². The molecule has 3 atom stereocenters. The topological polar surface area (TPSA) is 20.2 Å². The Morgan fingerprint density at radius 3 is 2.25 bits per heavy atom. The van der Waals surface area contributed by atoms with Crippen LogP contribution in [0.3, 0.4) is 0 Å². The Balaban J connectivity index is 1.95. The van der Waals surface area contributed by atoms with E-state index in [0.717, 1.165) is 28.9 Å². The molecule has 1 heteroatoms. The van der Waals surface area contributed by atoms with E-state index in [1.165, 1.54) is 31.2 Å². The van der Waals surface area contributed by atoms with E-state index in [0.29, 0.717) is 5.75 Å². The number of phenolic OH excluding ortho intramolecular Hbond substituents is 1. The smallest absolute Gasteiger partial charge is 0.121 e. The van der Waals surface area contributed by atoms with Crippen LogP contribution in [0.25, 0.3) is 0 Å². The fourth-order valence-electron chi connectivity index (χ4n) is 3.86. The second-order valence-corrected chi connectivity index (χ2v) is 5.78. The van der Waals surface area contributed by atoms with Gasteiger partial charge in [-0.25, -0.2) is 0 Å². The van der Waals surface area contributed by atoms with Gasteiger partial charge in [-0.2, -0.15) is 0 Å². The van der Waals surface area contributed by atoms with Crippen LogP contribution in [0.15, 0.2) is 12.1 Å². The first kappa shape index (κ1) is 10.2. The summed E-state index contributed by atoms with van der Waals surface area (Å²) in [5, 5.41) is 9.81. The lowest BCUT2D eigenvalue weighted by Gasteiger charge is -2.23. The highest BCUT2D eigenvalue weighted by molar-refractivity contribution is 5.43. The number of phenols is 1. The lowest BCUT2D eigenvalue weighted by Crippen LogP contribution is -2.08. The summed E-state index contributed by atoms with van der Waals surface area (Å²) in [7, 11) is 0. The van der Waals surface area contributed by atoms with Gasteiger partial charge in [-0.05, 0) is 67.6 Å². The number of benzene rings is 1. The molecule has 0 heterocycles. The molecule has 16 heavy (non-hydrogen) atoms. The van der Waals surface area contributed by atoms with E-state index >= 15 is 0 Å². The Morgan fingerprint density at radius 2 is 1.75 bits per heavy atom. The summed E-state index contributed by atoms with van der Waals surface area (Å²) in [5.74, 6) is 3.17. The van der Waals surface area contributed by atoms with Crippen LogP contribution in [0.2, 0.25) is 0 Å². The van der Waals surface area contributed by atoms with Crippen LogP contribution in [-0.2, 0) is 0 Å². The third kappa shape index (κ3) is 1.45. The standard InChI is InChI=1S/C15H20O/c1-9-5-13(6-10(2)15(9)16)14-8-11-3-4-12(14)7-11/h5-6,11-12,14,16H,3-4,7-8H2,1-2H3/t11-,12-,14+/m0/s1. The van der Waals surface area contributed by atoms with E-state index in [2.05, 4.69) is 12.1 Å². The Labute approximate surface area is 97.5 Å². The van der Waals surface area contributed by atoms with Crippen LogP contribution in [0.1, 0.15) is 48.3 Å². The second-order valence-electron chi connectivity index (χ2n) is 5.78. The third-order valence-electron chi connectivity index (χ3n) is 4.68. The van der Waals surface area contributed by atoms with E-state index in [4.69, 9.17) is 0 Å². The van der Waals surface area contributed by atoms with Gasteiger partial charge in [-0.1, -0.05) is 18.6 Å². The normalized spacial score (nSPS) is 32.2. The zero-order valence-electron chi connectivity index (χ0n) is 10.2. The number of aromatic hydroxyl groups is 1. The van der Waals surface area contributed by atoms with Crippen molar-refractivity contribution in [3.05, 3.63) is 28.8 Å². The van der Waals surface area contributed by atoms with Crippen molar-refractivity contribution in [3.8, 4) is 5.75 Å². The maximum Gasteiger partial charge on any atom is 0.121 e. The van der Waals surface area contributed by atoms with Crippen LogP contribution < -0.4 is 0 Å². The van der Waals surface area contributed by atoms with Gasteiger partial charge in [-0.15, -0.1) is 0 Å². The molecule has 0 spiro atoms. The number of aryl methyl sites for hydroxylation is 2. The van der Waals surface area contributed by atoms with E-state index in [1.54, 1.807) is 0 Å². The Morgan fingerprint density at radius 1 is 1.06 bits per heavy atom. The molecule has 1 nitrogen and oxygen atoms in total. The molecule has 1 aromatic rings. The molecule has 1 N–H and O–H groups in total. The van der Waals surface area contributed by atoms with Crippen molar-refractivity contribution < 1.29 is 5.11 Å². The maximum absolute atomic E-state index is 9.81. The first-order valence-electron chi connectivity index (χ1n) is 6.45. The molecule has 0 aliphatic heterocycles. The van der Waals surface area contributed by atoms with E-state index < -0.39 is 0 Å². The summed E-state index contributed by atoms with van der Waals surface area (Å²) in [4.78, 5) is 0. The van der Waals surface area contributed by atoms with Crippen molar-refractivity contribution in [2.24, 2.45) is 11.8 Å². The first-order chi connectivity index (χ1) is 7.65. The molecule has 0 unspecified atom stereocenters. The Bertz CT molecular complexity index is 398. The zero-order valence-corrected chi connectivity index (χ0v) is 10.2. The summed E-state index contributed by atoms with van der Waals surface area (Å²) in [6.07, 6.45) is 5.71. The van der Waals surface area contributed by atoms with Gasteiger partial charge in [0.2, 0.25) is 0 Å². The van der Waals surface area contributed by atoms with Crippen molar-refractivity contribution in [2.45, 2.75) is 45.4 Å². The predicted molar refractivity (Wildman–Crippen MR) is 65.8 cm³/mol. The largest absolute Gasteiger partial charge is 0.507 e. The Hall–Kier alpha value is -0.980. The summed E-state index contributed by atoms with van der Waals surface area (Å²) in [5.41, 5.74) is 3.55. The molecule has 2 bridgehead atoms. The van der Waals surface area contributed by atoms with Gasteiger partial charge in [0, 0.05) is 0 Å². The lowest BCUT2D eigenvalue weighted by molar-refractivity contribution is 0.418. The minimum absolute atomic E-state index is 0.479. The fraction of sp³-hybridized carbons (Fsp3) is 0.600. The maximum atomic E-state index is 9.81. The third-order valence-corrected chi connectivity index (χ3v) is 4.68. The number of hydrogen-bond donors (Lipinski definition) is 1. The predicted octanol–water partition coefficient (Wildman–Crippen LogP) is 3.91. The van der Waals surface area contributed by atoms with Crippen molar-refractivity contribution in [3.63, 3.8) is 0 Å². The molecule has 1 aromatic carbocycles. The average molecular weight is 216 g/mol. The Kier molecular flexibility index (Phi) is 2.24. The fourth-order valence-corrected chi connectivity index (χ4v) is 3.86. The molecule has 3 rings (SSSR count). The molecule has 2 fully saturated rings. The summed E-state index contributed by atoms with van der Waals surface area (Å²) < 4.78 is 0. The van der Waals surface area contributed by atoms with Crippen LogP contribution >= 0.6 is 0 Å². The van der Waals surface area contributed by atoms with Crippen LogP contribution in [-0.4, -0.2) is 5.11 Å². The number of hydrogen-bond acceptors (Lipinski definition) is 1. The van der Waals surface area contributed by atoms with Crippen molar-refractivity contribution in [2.75, 3.05) is 0 Å². The minimum Gasteiger partial charge on any atom is -0.507 e. The molecular weight excluding hydrogens is 196 g/mol. The van der Waals surface area contributed by atoms with Gasteiger partial charge in [-0.3, -0.25) is 0 Å². The quantitative estimate of drug-likeness (QED) is 0.754. The van der Waals surface area contributed by atoms with Gasteiger partial charge < -0.3 is 5.11 Å². The van der Waals surface area contributed by atoms with Gasteiger partial charge in [0.25, 0.3) is 0 Å². The lowest BCUT2D eigenvalue weighted by atomic mass is 9.82. The molecule has 0 aromatic heterocycles. The van der Waals surface area contributed by atoms with Crippen LogP contribution in [0.4, 0.5) is 0 Å². The van der Waals surface area contributed by atoms with Crippen molar-refractivity contribution in [1.29, 1.82) is 0 Å². The van der Waals surface area contributed by atoms with Crippen LogP contribution in [0, 0.1) is 25.7 Å². The minimum atomic E-state index is 0.479. The van der Waals surface area contributed by atoms with Gasteiger partial charge in [0.15, 0.2) is 0 Å². The van der Waals surface area contributed by atoms with Gasteiger partial charge in [0.05, 0.1) is 0 Å². The number of fused-ring (bicyclic) bond motifs is 2. The zero-order chi connectivity index (χ0) is 11.3. The SMILES string of the molecule is Cc1cc([C@@H]2C[C@H]3CC[C@H]2C3)cc(C)c1O. The monoisotopic (exact) mass is 216 g/mol. The molecule has 2 aliphatic rings. The average Bonchev–Trinajstić information content (AvgIpc) is 2.86. The van der Waals surface area contributed by atoms with Gasteiger partial charge >= 0.3 is 0 Å². The first-order valence-corrected chi connectivity index (χ1v) is 6.45. The molecular formula is C15H20O. The van der Waals surface area contributed by atoms with E-state index in [9.17, 15) is 5.11 Å². The summed E-state index contributed by atoms with van der Waals surface area (Å²) in [6, 6.07) is 4.40. The highest BCUT2D eigenvalue weighted by Gasteiger charge is 2.40. The summed E-state index contributed by atoms with van der Waals surface area (Å²) in [6.45, 7) is 4.03. The molecule has 0 amide bonds. The molecule has 0 saturated heterocycles. The van der Waals surface area contributed by atoms with Crippen molar-refractivity contribution >= 4 is 0 Å². The molecule has 2 aliphatic carbocycles. The molecule has 2 saturated carbocycles. The second kappa shape index (κ2) is 3.51. The highest BCUT2D eigenvalue weighted by Crippen LogP contribution is 2.53. The van der Waals surface area contributed by atoms with E-state index in [-0.39, 0.29) is 0 Å². The summed E-state index contributed by atoms with van der Waals surface area (Å²) >= 11 is 0. The molecule has 86 valence electrons. The number of rotatable bonds is 1. The highest BCUT2D eigenvalue weighted by atomic mass is 16.3.